The summed E-state index contributed by atoms with van der Waals surface area (Å²) in [5, 5.41) is 10.6. The van der Waals surface area contributed by atoms with Crippen LogP contribution in [0.4, 0.5) is 0 Å². The Hall–Kier alpha value is -1.24. The van der Waals surface area contributed by atoms with Gasteiger partial charge in [0.15, 0.2) is 0 Å². The van der Waals surface area contributed by atoms with Crippen molar-refractivity contribution in [1.82, 2.24) is 24.6 Å². The van der Waals surface area contributed by atoms with Crippen molar-refractivity contribution in [1.29, 1.82) is 0 Å². The fraction of sp³-hybridized carbons (Fsp3) is 0.625. The third kappa shape index (κ3) is 3.56. The molecule has 120 valence electrons. The van der Waals surface area contributed by atoms with Crippen LogP contribution < -0.4 is 0 Å². The largest absolute Gasteiger partial charge is 0.317 e. The monoisotopic (exact) mass is 319 g/mol. The van der Waals surface area contributed by atoms with E-state index in [0.717, 1.165) is 18.2 Å². The number of thiophene rings is 1. The number of nitrogens with zero attached hydrogens (tertiary/aromatic N) is 5. The highest BCUT2D eigenvalue weighted by Crippen LogP contribution is 2.18. The zero-order chi connectivity index (χ0) is 15.5. The van der Waals surface area contributed by atoms with Gasteiger partial charge in [-0.05, 0) is 44.8 Å². The fourth-order valence-corrected chi connectivity index (χ4v) is 3.74. The van der Waals surface area contributed by atoms with Crippen LogP contribution >= 0.6 is 11.3 Å². The summed E-state index contributed by atoms with van der Waals surface area (Å²) in [6.45, 7) is 6.42. The molecule has 1 saturated heterocycles. The Balaban J connectivity index is 1.48. The first-order valence-electron chi connectivity index (χ1n) is 7.93. The molecule has 1 aliphatic rings. The van der Waals surface area contributed by atoms with Crippen LogP contribution in [0.1, 0.15) is 22.9 Å². The van der Waals surface area contributed by atoms with Crippen molar-refractivity contribution in [3.63, 3.8) is 0 Å². The molecule has 0 radical (unpaired) electrons. The van der Waals surface area contributed by atoms with Gasteiger partial charge >= 0.3 is 0 Å². The number of likely N-dealkylation sites (tertiary alicyclic amines) is 1. The lowest BCUT2D eigenvalue weighted by molar-refractivity contribution is 0.219. The Morgan fingerprint density at radius 3 is 2.95 bits per heavy atom. The van der Waals surface area contributed by atoms with Gasteiger partial charge in [-0.3, -0.25) is 4.90 Å². The first-order valence-corrected chi connectivity index (χ1v) is 8.81. The molecule has 2 aromatic rings. The first kappa shape index (κ1) is 15.6. The number of hydrogen-bond donors (Lipinski definition) is 0. The average Bonchev–Trinajstić information content (AvgIpc) is 3.23. The highest BCUT2D eigenvalue weighted by atomic mass is 32.1. The van der Waals surface area contributed by atoms with Crippen molar-refractivity contribution in [2.24, 2.45) is 7.05 Å². The summed E-state index contributed by atoms with van der Waals surface area (Å²) >= 11 is 1.86. The molecule has 6 heteroatoms. The van der Waals surface area contributed by atoms with Gasteiger partial charge in [0.05, 0.1) is 6.54 Å². The Labute approximate surface area is 136 Å². The normalized spacial score (nSPS) is 19.4. The van der Waals surface area contributed by atoms with E-state index in [0.29, 0.717) is 6.04 Å². The molecule has 0 saturated carbocycles. The van der Waals surface area contributed by atoms with E-state index in [1.807, 2.05) is 25.3 Å². The van der Waals surface area contributed by atoms with E-state index >= 15 is 0 Å². The van der Waals surface area contributed by atoms with Gasteiger partial charge in [-0.25, -0.2) is 0 Å². The zero-order valence-corrected chi connectivity index (χ0v) is 14.5. The van der Waals surface area contributed by atoms with Crippen molar-refractivity contribution < 1.29 is 0 Å². The molecule has 0 bridgehead atoms. The first-order chi connectivity index (χ1) is 10.6. The fourth-order valence-electron chi connectivity index (χ4n) is 3.04. The van der Waals surface area contributed by atoms with Crippen LogP contribution in [-0.2, 0) is 20.0 Å². The summed E-state index contributed by atoms with van der Waals surface area (Å²) in [4.78, 5) is 6.50. The van der Waals surface area contributed by atoms with Crippen LogP contribution in [0, 0.1) is 6.92 Å². The molecule has 0 aromatic carbocycles. The highest BCUT2D eigenvalue weighted by molar-refractivity contribution is 7.09. The van der Waals surface area contributed by atoms with E-state index < -0.39 is 0 Å². The van der Waals surface area contributed by atoms with E-state index in [4.69, 9.17) is 0 Å². The molecule has 0 N–H and O–H groups in total. The van der Waals surface area contributed by atoms with Gasteiger partial charge in [-0.2, -0.15) is 0 Å². The van der Waals surface area contributed by atoms with E-state index in [1.165, 1.54) is 37.4 Å². The van der Waals surface area contributed by atoms with Gasteiger partial charge in [0.2, 0.25) is 0 Å². The van der Waals surface area contributed by atoms with E-state index in [9.17, 15) is 0 Å². The quantitative estimate of drug-likeness (QED) is 0.815. The summed E-state index contributed by atoms with van der Waals surface area (Å²) in [5.41, 5.74) is 0. The van der Waals surface area contributed by atoms with Crippen molar-refractivity contribution in [3.05, 3.63) is 34.0 Å². The number of likely N-dealkylation sites (N-methyl/N-ethyl adjacent to an activating group) is 1. The van der Waals surface area contributed by atoms with Crippen LogP contribution in [0.2, 0.25) is 0 Å². The van der Waals surface area contributed by atoms with Crippen molar-refractivity contribution in [2.75, 3.05) is 26.7 Å². The summed E-state index contributed by atoms with van der Waals surface area (Å²) in [7, 11) is 4.25. The molecule has 3 heterocycles. The molecule has 0 amide bonds. The maximum absolute atomic E-state index is 4.27. The van der Waals surface area contributed by atoms with Crippen molar-refractivity contribution >= 4 is 11.3 Å². The average molecular weight is 319 g/mol. The lowest BCUT2D eigenvalue weighted by Crippen LogP contribution is -2.35. The minimum Gasteiger partial charge on any atom is -0.317 e. The number of aryl methyl sites for hydroxylation is 1. The third-order valence-electron chi connectivity index (χ3n) is 4.70. The van der Waals surface area contributed by atoms with Crippen molar-refractivity contribution in [2.45, 2.75) is 32.4 Å². The highest BCUT2D eigenvalue weighted by Gasteiger charge is 2.26. The predicted molar refractivity (Wildman–Crippen MR) is 90.1 cm³/mol. The number of rotatable bonds is 6. The van der Waals surface area contributed by atoms with E-state index in [1.54, 1.807) is 0 Å². The van der Waals surface area contributed by atoms with Gasteiger partial charge in [0, 0.05) is 31.1 Å². The smallest absolute Gasteiger partial charge is 0.146 e. The number of hydrogen-bond acceptors (Lipinski definition) is 5. The van der Waals surface area contributed by atoms with Crippen LogP contribution in [0.3, 0.4) is 0 Å². The second-order valence-corrected chi connectivity index (χ2v) is 7.24. The van der Waals surface area contributed by atoms with E-state index in [-0.39, 0.29) is 0 Å². The van der Waals surface area contributed by atoms with Crippen LogP contribution in [-0.4, -0.2) is 57.3 Å². The van der Waals surface area contributed by atoms with Crippen LogP contribution in [0.15, 0.2) is 17.5 Å². The Morgan fingerprint density at radius 1 is 1.41 bits per heavy atom. The molecule has 22 heavy (non-hydrogen) atoms. The Morgan fingerprint density at radius 2 is 2.27 bits per heavy atom. The lowest BCUT2D eigenvalue weighted by atomic mass is 10.2. The maximum atomic E-state index is 4.27. The number of aromatic nitrogens is 3. The molecule has 3 rings (SSSR count). The summed E-state index contributed by atoms with van der Waals surface area (Å²) in [6, 6.07) is 5.00. The van der Waals surface area contributed by atoms with Gasteiger partial charge < -0.3 is 9.47 Å². The predicted octanol–water partition coefficient (Wildman–Crippen LogP) is 1.93. The molecule has 2 aromatic heterocycles. The SMILES string of the molecule is Cc1nnc(CN(C)[C@H]2CCN(CCc3cccs3)C2)n1C. The van der Waals surface area contributed by atoms with Gasteiger partial charge in [-0.1, -0.05) is 6.07 Å². The second kappa shape index (κ2) is 6.89. The summed E-state index contributed by atoms with van der Waals surface area (Å²) < 4.78 is 2.08. The van der Waals surface area contributed by atoms with Gasteiger partial charge in [-0.15, -0.1) is 21.5 Å². The standard InChI is InChI=1S/C16H25N5S/c1-13-17-18-16(20(13)3)12-19(2)14-6-8-21(11-14)9-7-15-5-4-10-22-15/h4-5,10,14H,6-9,11-12H2,1-3H3/t14-/m0/s1. The van der Waals surface area contributed by atoms with E-state index in [2.05, 4.69) is 49.1 Å². The maximum Gasteiger partial charge on any atom is 0.146 e. The topological polar surface area (TPSA) is 37.2 Å². The molecular weight excluding hydrogens is 294 g/mol. The van der Waals surface area contributed by atoms with Crippen molar-refractivity contribution in [3.8, 4) is 0 Å². The molecular formula is C16H25N5S. The zero-order valence-electron chi connectivity index (χ0n) is 13.7. The molecule has 1 atom stereocenters. The molecule has 0 aliphatic carbocycles. The van der Waals surface area contributed by atoms with Gasteiger partial charge in [0.1, 0.15) is 11.6 Å². The Kier molecular flexibility index (Phi) is 4.90. The second-order valence-electron chi connectivity index (χ2n) is 6.21. The Bertz CT molecular complexity index is 592. The molecule has 0 unspecified atom stereocenters. The molecule has 1 aliphatic heterocycles. The molecule has 5 nitrogen and oxygen atoms in total. The van der Waals surface area contributed by atoms with Crippen LogP contribution in [0.25, 0.3) is 0 Å². The minimum absolute atomic E-state index is 0.625. The summed E-state index contributed by atoms with van der Waals surface area (Å²) in [6.07, 6.45) is 2.42. The third-order valence-corrected chi connectivity index (χ3v) is 5.64. The lowest BCUT2D eigenvalue weighted by Gasteiger charge is -2.24. The summed E-state index contributed by atoms with van der Waals surface area (Å²) in [5.74, 6) is 2.03. The van der Waals surface area contributed by atoms with Crippen LogP contribution in [0.5, 0.6) is 0 Å². The minimum atomic E-state index is 0.625. The van der Waals surface area contributed by atoms with Gasteiger partial charge in [0.25, 0.3) is 0 Å². The molecule has 0 spiro atoms. The molecule has 1 fully saturated rings.